The molecule has 1 amide bonds. The quantitative estimate of drug-likeness (QED) is 0.285. The van der Waals surface area contributed by atoms with Crippen LogP contribution in [0.4, 0.5) is 5.82 Å². The molecule has 0 radical (unpaired) electrons. The Hall–Kier alpha value is -4.43. The molecule has 0 bridgehead atoms. The van der Waals surface area contributed by atoms with Gasteiger partial charge in [-0.15, -0.1) is 11.3 Å². The summed E-state index contributed by atoms with van der Waals surface area (Å²) < 4.78 is 13.5. The van der Waals surface area contributed by atoms with Gasteiger partial charge in [0.1, 0.15) is 42.6 Å². The lowest BCUT2D eigenvalue weighted by molar-refractivity contribution is -0.127. The normalized spacial score (nSPS) is 15.1. The van der Waals surface area contributed by atoms with Crippen LogP contribution in [0.3, 0.4) is 0 Å². The Balaban J connectivity index is 1.29. The van der Waals surface area contributed by atoms with Crippen molar-refractivity contribution in [2.75, 3.05) is 25.4 Å². The van der Waals surface area contributed by atoms with E-state index in [1.54, 1.807) is 16.2 Å². The molecule has 1 saturated heterocycles. The average molecular weight is 530 g/mol. The van der Waals surface area contributed by atoms with Gasteiger partial charge in [-0.3, -0.25) is 4.79 Å². The van der Waals surface area contributed by atoms with E-state index < -0.39 is 0 Å². The molecule has 10 nitrogen and oxygen atoms in total. The Kier molecular flexibility index (Phi) is 7.51. The highest BCUT2D eigenvalue weighted by Crippen LogP contribution is 2.28. The summed E-state index contributed by atoms with van der Waals surface area (Å²) in [5.41, 5.74) is 7.26. The molecular formula is C27H27N7O3S. The largest absolute Gasteiger partial charge is 0.488 e. The Morgan fingerprint density at radius 1 is 1.29 bits per heavy atom. The smallest absolute Gasteiger partial charge is 0.246 e. The van der Waals surface area contributed by atoms with E-state index in [4.69, 9.17) is 20.3 Å². The maximum atomic E-state index is 12.2. The number of hydrogen-bond donors (Lipinski definition) is 1. The minimum absolute atomic E-state index is 0.0483. The summed E-state index contributed by atoms with van der Waals surface area (Å²) >= 11 is 1.61. The number of nitrogens with two attached hydrogens (primary N) is 1. The van der Waals surface area contributed by atoms with Crippen LogP contribution in [0.5, 0.6) is 11.5 Å². The van der Waals surface area contributed by atoms with Crippen molar-refractivity contribution < 1.29 is 14.3 Å². The SMILES string of the molecule is C=CC(=O)N1CCCC(n2nc(C#CCOc3cccc(OCc4cnc(C)s4)c3)c3c(N)ncnc32)C1. The number of carbonyl (C=O) groups is 1. The lowest BCUT2D eigenvalue weighted by Crippen LogP contribution is -2.40. The van der Waals surface area contributed by atoms with Gasteiger partial charge in [0, 0.05) is 25.4 Å². The van der Waals surface area contributed by atoms with Crippen molar-refractivity contribution in [3.8, 4) is 23.3 Å². The van der Waals surface area contributed by atoms with Crippen LogP contribution in [-0.2, 0) is 11.4 Å². The third-order valence-electron chi connectivity index (χ3n) is 6.12. The predicted molar refractivity (Wildman–Crippen MR) is 145 cm³/mol. The zero-order valence-electron chi connectivity index (χ0n) is 21.0. The summed E-state index contributed by atoms with van der Waals surface area (Å²) in [5.74, 6) is 7.64. The highest BCUT2D eigenvalue weighted by molar-refractivity contribution is 7.11. The first-order chi connectivity index (χ1) is 18.5. The van der Waals surface area contributed by atoms with Gasteiger partial charge < -0.3 is 20.1 Å². The summed E-state index contributed by atoms with van der Waals surface area (Å²) in [5, 5.41) is 6.33. The van der Waals surface area contributed by atoms with Crippen LogP contribution < -0.4 is 15.2 Å². The number of fused-ring (bicyclic) bond motifs is 1. The number of carbonyl (C=O) groups excluding carboxylic acids is 1. The molecule has 3 aromatic heterocycles. The number of rotatable bonds is 7. The topological polar surface area (TPSA) is 121 Å². The molecule has 0 aliphatic carbocycles. The highest BCUT2D eigenvalue weighted by atomic mass is 32.1. The van der Waals surface area contributed by atoms with Crippen molar-refractivity contribution in [2.45, 2.75) is 32.4 Å². The highest BCUT2D eigenvalue weighted by Gasteiger charge is 2.27. The third-order valence-corrected chi connectivity index (χ3v) is 7.01. The van der Waals surface area contributed by atoms with Crippen molar-refractivity contribution in [2.24, 2.45) is 0 Å². The molecule has 38 heavy (non-hydrogen) atoms. The van der Waals surface area contributed by atoms with E-state index in [0.29, 0.717) is 53.7 Å². The monoisotopic (exact) mass is 529 g/mol. The summed E-state index contributed by atoms with van der Waals surface area (Å²) in [6.07, 6.45) is 6.29. The van der Waals surface area contributed by atoms with Crippen LogP contribution in [0.15, 0.2) is 49.4 Å². The minimum atomic E-state index is -0.0921. The Morgan fingerprint density at radius 2 is 2.13 bits per heavy atom. The molecule has 1 atom stereocenters. The number of aryl methyl sites for hydroxylation is 1. The Morgan fingerprint density at radius 3 is 2.92 bits per heavy atom. The second-order valence-electron chi connectivity index (χ2n) is 8.73. The van der Waals surface area contributed by atoms with Crippen molar-refractivity contribution in [1.82, 2.24) is 29.6 Å². The first-order valence-corrected chi connectivity index (χ1v) is 13.0. The zero-order chi connectivity index (χ0) is 26.5. The number of likely N-dealkylation sites (tertiary alicyclic amines) is 1. The molecule has 11 heteroatoms. The first kappa shape index (κ1) is 25.2. The molecule has 1 aromatic carbocycles. The van der Waals surface area contributed by atoms with Gasteiger partial charge >= 0.3 is 0 Å². The van der Waals surface area contributed by atoms with Crippen LogP contribution in [0.25, 0.3) is 11.0 Å². The molecule has 4 aromatic rings. The molecule has 1 unspecified atom stereocenters. The number of piperidine rings is 1. The molecular weight excluding hydrogens is 502 g/mol. The standard InChI is InChI=1S/C27H27N7O3S/c1-3-24(35)33-11-5-7-19(15-33)34-27-25(26(28)30-17-31-27)23(32-34)10-6-12-36-20-8-4-9-21(13-20)37-16-22-14-29-18(2)38-22/h3-4,8-9,13-14,17,19H,1,5,7,11-12,15-16H2,2H3,(H2,28,30,31). The molecule has 1 aliphatic rings. The number of amides is 1. The number of benzene rings is 1. The number of ether oxygens (including phenoxy) is 2. The number of aromatic nitrogens is 5. The van der Waals surface area contributed by atoms with Gasteiger partial charge in [0.25, 0.3) is 0 Å². The maximum Gasteiger partial charge on any atom is 0.246 e. The number of nitrogens with zero attached hydrogens (tertiary/aromatic N) is 6. The number of anilines is 1. The van der Waals surface area contributed by atoms with Gasteiger partial charge in [-0.2, -0.15) is 5.10 Å². The zero-order valence-corrected chi connectivity index (χ0v) is 21.8. The molecule has 194 valence electrons. The lowest BCUT2D eigenvalue weighted by atomic mass is 10.1. The van der Waals surface area contributed by atoms with E-state index in [1.807, 2.05) is 42.1 Å². The van der Waals surface area contributed by atoms with Gasteiger partial charge in [0.15, 0.2) is 5.65 Å². The van der Waals surface area contributed by atoms with Gasteiger partial charge in [-0.05, 0) is 43.9 Å². The fraction of sp³-hybridized carbons (Fsp3) is 0.296. The number of thiazole rings is 1. The van der Waals surface area contributed by atoms with Gasteiger partial charge in [-0.1, -0.05) is 18.6 Å². The van der Waals surface area contributed by atoms with E-state index in [0.717, 1.165) is 22.7 Å². The number of nitrogen functional groups attached to an aromatic ring is 1. The van der Waals surface area contributed by atoms with E-state index >= 15 is 0 Å². The predicted octanol–water partition coefficient (Wildman–Crippen LogP) is 3.53. The van der Waals surface area contributed by atoms with Crippen molar-refractivity contribution in [1.29, 1.82) is 0 Å². The van der Waals surface area contributed by atoms with Gasteiger partial charge in [0.2, 0.25) is 5.91 Å². The molecule has 0 saturated carbocycles. The minimum Gasteiger partial charge on any atom is -0.488 e. The lowest BCUT2D eigenvalue weighted by Gasteiger charge is -2.32. The van der Waals surface area contributed by atoms with Crippen LogP contribution in [-0.4, -0.2) is 55.2 Å². The maximum absolute atomic E-state index is 12.2. The van der Waals surface area contributed by atoms with Crippen molar-refractivity contribution in [3.05, 3.63) is 65.0 Å². The van der Waals surface area contributed by atoms with Crippen LogP contribution >= 0.6 is 11.3 Å². The molecule has 1 fully saturated rings. The van der Waals surface area contributed by atoms with Crippen molar-refractivity contribution >= 4 is 34.1 Å². The van der Waals surface area contributed by atoms with Crippen LogP contribution in [0.1, 0.15) is 34.5 Å². The van der Waals surface area contributed by atoms with Gasteiger partial charge in [0.05, 0.1) is 21.3 Å². The Bertz CT molecular complexity index is 1530. The summed E-state index contributed by atoms with van der Waals surface area (Å²) in [4.78, 5) is 27.8. The summed E-state index contributed by atoms with van der Waals surface area (Å²) in [6.45, 7) is 7.37. The second kappa shape index (κ2) is 11.3. The van der Waals surface area contributed by atoms with E-state index in [9.17, 15) is 4.79 Å². The fourth-order valence-electron chi connectivity index (χ4n) is 4.34. The molecule has 0 spiro atoms. The van der Waals surface area contributed by atoms with Crippen LogP contribution in [0, 0.1) is 18.8 Å². The van der Waals surface area contributed by atoms with Gasteiger partial charge in [-0.25, -0.2) is 19.6 Å². The van der Waals surface area contributed by atoms with Crippen molar-refractivity contribution in [3.63, 3.8) is 0 Å². The molecule has 4 heterocycles. The van der Waals surface area contributed by atoms with E-state index in [-0.39, 0.29) is 18.6 Å². The molecule has 1 aliphatic heterocycles. The average Bonchev–Trinajstić information content (AvgIpc) is 3.53. The number of hydrogen-bond acceptors (Lipinski definition) is 9. The summed E-state index contributed by atoms with van der Waals surface area (Å²) in [7, 11) is 0. The summed E-state index contributed by atoms with van der Waals surface area (Å²) in [6, 6.07) is 7.37. The van der Waals surface area contributed by atoms with E-state index in [1.165, 1.54) is 12.4 Å². The van der Waals surface area contributed by atoms with E-state index in [2.05, 4.69) is 33.4 Å². The fourth-order valence-corrected chi connectivity index (χ4v) is 5.05. The first-order valence-electron chi connectivity index (χ1n) is 12.2. The third kappa shape index (κ3) is 5.60. The molecule has 2 N–H and O–H groups in total. The van der Waals surface area contributed by atoms with Crippen LogP contribution in [0.2, 0.25) is 0 Å². The Labute approximate surface area is 224 Å². The molecule has 5 rings (SSSR count). The second-order valence-corrected chi connectivity index (χ2v) is 10.1.